The van der Waals surface area contributed by atoms with E-state index in [0.29, 0.717) is 13.0 Å². The lowest BCUT2D eigenvalue weighted by molar-refractivity contribution is -0.121. The molecule has 0 aliphatic carbocycles. The molecule has 2 aromatic heterocycles. The number of carbonyl (C=O) groups excluding carboxylic acids is 1. The fraction of sp³-hybridized carbons (Fsp3) is 0.529. The van der Waals surface area contributed by atoms with Crippen LogP contribution >= 0.6 is 11.3 Å². The summed E-state index contributed by atoms with van der Waals surface area (Å²) in [6, 6.07) is 4.25. The van der Waals surface area contributed by atoms with Crippen molar-refractivity contribution in [2.75, 3.05) is 0 Å². The lowest BCUT2D eigenvalue weighted by Crippen LogP contribution is -2.34. The number of thiazole rings is 1. The number of rotatable bonds is 7. The highest BCUT2D eigenvalue weighted by Gasteiger charge is 2.11. The van der Waals surface area contributed by atoms with E-state index in [9.17, 15) is 9.59 Å². The maximum absolute atomic E-state index is 12.1. The predicted octanol–water partition coefficient (Wildman–Crippen LogP) is 2.39. The van der Waals surface area contributed by atoms with Crippen molar-refractivity contribution in [1.82, 2.24) is 14.5 Å². The van der Waals surface area contributed by atoms with Gasteiger partial charge in [-0.2, -0.15) is 0 Å². The highest BCUT2D eigenvalue weighted by Crippen LogP contribution is 2.10. The summed E-state index contributed by atoms with van der Waals surface area (Å²) >= 11 is 1.24. The van der Waals surface area contributed by atoms with Gasteiger partial charge in [0.1, 0.15) is 0 Å². The zero-order chi connectivity index (χ0) is 17.0. The van der Waals surface area contributed by atoms with Crippen LogP contribution in [0.3, 0.4) is 0 Å². The third-order valence-electron chi connectivity index (χ3n) is 4.23. The van der Waals surface area contributed by atoms with E-state index in [-0.39, 0.29) is 16.8 Å². The fourth-order valence-corrected chi connectivity index (χ4v) is 3.46. The van der Waals surface area contributed by atoms with Crippen molar-refractivity contribution < 1.29 is 4.79 Å². The Morgan fingerprint density at radius 2 is 2.13 bits per heavy atom. The average Bonchev–Trinajstić information content (AvgIpc) is 2.99. The minimum absolute atomic E-state index is 0.000431. The van der Waals surface area contributed by atoms with E-state index in [2.05, 4.69) is 16.0 Å². The van der Waals surface area contributed by atoms with Crippen molar-refractivity contribution in [3.05, 3.63) is 44.3 Å². The summed E-state index contributed by atoms with van der Waals surface area (Å²) in [5.41, 5.74) is 2.23. The standard InChI is InChI=1S/C17H25N3O2S/c1-12(7-8-15-6-5-10-19(15)4)18-16(21)9-11-20-13(2)14(3)23-17(20)22/h5-6,10,12H,7-9,11H2,1-4H3,(H,18,21). The topological polar surface area (TPSA) is 56.0 Å². The summed E-state index contributed by atoms with van der Waals surface area (Å²) in [6.07, 6.45) is 4.21. The number of hydrogen-bond acceptors (Lipinski definition) is 3. The molecule has 1 atom stereocenters. The van der Waals surface area contributed by atoms with E-state index in [1.165, 1.54) is 17.0 Å². The molecule has 2 aromatic rings. The molecule has 0 fully saturated rings. The Kier molecular flexibility index (Phi) is 5.82. The number of nitrogens with one attached hydrogen (secondary N) is 1. The number of amides is 1. The first-order valence-corrected chi connectivity index (χ1v) is 8.76. The van der Waals surface area contributed by atoms with E-state index >= 15 is 0 Å². The molecule has 0 spiro atoms. The highest BCUT2D eigenvalue weighted by molar-refractivity contribution is 7.09. The Balaban J connectivity index is 1.78. The van der Waals surface area contributed by atoms with E-state index in [1.54, 1.807) is 4.57 Å². The highest BCUT2D eigenvalue weighted by atomic mass is 32.1. The number of carbonyl (C=O) groups is 1. The molecule has 23 heavy (non-hydrogen) atoms. The summed E-state index contributed by atoms with van der Waals surface area (Å²) in [7, 11) is 2.03. The molecule has 2 heterocycles. The van der Waals surface area contributed by atoms with Gasteiger partial charge in [-0.1, -0.05) is 11.3 Å². The molecule has 0 bridgehead atoms. The van der Waals surface area contributed by atoms with Gasteiger partial charge in [-0.25, -0.2) is 0 Å². The number of aryl methyl sites for hydroxylation is 3. The molecule has 1 N–H and O–H groups in total. The Bertz CT molecular complexity index is 727. The summed E-state index contributed by atoms with van der Waals surface area (Å²) in [5.74, 6) is -0.000431. The quantitative estimate of drug-likeness (QED) is 0.845. The second kappa shape index (κ2) is 7.64. The minimum atomic E-state index is -0.000431. The molecule has 0 saturated heterocycles. The van der Waals surface area contributed by atoms with Gasteiger partial charge in [0.2, 0.25) is 5.91 Å². The van der Waals surface area contributed by atoms with Crippen LogP contribution in [-0.4, -0.2) is 21.1 Å². The first-order valence-electron chi connectivity index (χ1n) is 7.95. The lowest BCUT2D eigenvalue weighted by atomic mass is 10.1. The SMILES string of the molecule is Cc1sc(=O)n(CCC(=O)NC(C)CCc2cccn2C)c1C. The molecule has 1 unspecified atom stereocenters. The molecule has 126 valence electrons. The molecule has 0 saturated carbocycles. The molecule has 2 rings (SSSR count). The van der Waals surface area contributed by atoms with Crippen molar-refractivity contribution in [3.63, 3.8) is 0 Å². The Hall–Kier alpha value is -1.82. The van der Waals surface area contributed by atoms with Crippen LogP contribution in [0, 0.1) is 13.8 Å². The van der Waals surface area contributed by atoms with Gasteiger partial charge in [0.25, 0.3) is 0 Å². The molecular formula is C17H25N3O2S. The van der Waals surface area contributed by atoms with Gasteiger partial charge in [-0.05, 0) is 45.7 Å². The molecule has 1 amide bonds. The van der Waals surface area contributed by atoms with Gasteiger partial charge < -0.3 is 14.5 Å². The van der Waals surface area contributed by atoms with Gasteiger partial charge >= 0.3 is 4.87 Å². The Morgan fingerprint density at radius 3 is 2.70 bits per heavy atom. The smallest absolute Gasteiger partial charge is 0.307 e. The molecule has 6 heteroatoms. The van der Waals surface area contributed by atoms with Gasteiger partial charge in [0, 0.05) is 48.5 Å². The molecule has 0 aliphatic heterocycles. The van der Waals surface area contributed by atoms with Gasteiger partial charge in [-0.15, -0.1) is 0 Å². The number of nitrogens with zero attached hydrogens (tertiary/aromatic N) is 2. The number of aromatic nitrogens is 2. The van der Waals surface area contributed by atoms with Gasteiger partial charge in [-0.3, -0.25) is 9.59 Å². The van der Waals surface area contributed by atoms with Crippen LogP contribution in [0.25, 0.3) is 0 Å². The van der Waals surface area contributed by atoms with Crippen LogP contribution < -0.4 is 10.2 Å². The van der Waals surface area contributed by atoms with Crippen LogP contribution in [-0.2, 0) is 24.8 Å². The zero-order valence-corrected chi connectivity index (χ0v) is 15.1. The maximum atomic E-state index is 12.1. The predicted molar refractivity (Wildman–Crippen MR) is 94.0 cm³/mol. The monoisotopic (exact) mass is 335 g/mol. The molecular weight excluding hydrogens is 310 g/mol. The van der Waals surface area contributed by atoms with Crippen LogP contribution in [0.2, 0.25) is 0 Å². The second-order valence-electron chi connectivity index (χ2n) is 6.03. The molecule has 0 aromatic carbocycles. The van der Waals surface area contributed by atoms with Crippen LogP contribution in [0.5, 0.6) is 0 Å². The van der Waals surface area contributed by atoms with Crippen molar-refractivity contribution >= 4 is 17.2 Å². The zero-order valence-electron chi connectivity index (χ0n) is 14.3. The van der Waals surface area contributed by atoms with Crippen LogP contribution in [0.15, 0.2) is 23.1 Å². The van der Waals surface area contributed by atoms with E-state index < -0.39 is 0 Å². The normalized spacial score (nSPS) is 12.3. The summed E-state index contributed by atoms with van der Waals surface area (Å²) in [4.78, 5) is 24.9. The maximum Gasteiger partial charge on any atom is 0.307 e. The van der Waals surface area contributed by atoms with Crippen molar-refractivity contribution in [1.29, 1.82) is 0 Å². The summed E-state index contributed by atoms with van der Waals surface area (Å²) in [5, 5.41) is 3.02. The molecule has 0 aliphatic rings. The van der Waals surface area contributed by atoms with E-state index in [0.717, 1.165) is 23.4 Å². The van der Waals surface area contributed by atoms with Crippen LogP contribution in [0.4, 0.5) is 0 Å². The Morgan fingerprint density at radius 1 is 1.39 bits per heavy atom. The minimum Gasteiger partial charge on any atom is -0.354 e. The van der Waals surface area contributed by atoms with E-state index in [4.69, 9.17) is 0 Å². The van der Waals surface area contributed by atoms with Gasteiger partial charge in [0.15, 0.2) is 0 Å². The number of hydrogen-bond donors (Lipinski definition) is 1. The summed E-state index contributed by atoms with van der Waals surface area (Å²) < 4.78 is 3.79. The van der Waals surface area contributed by atoms with E-state index in [1.807, 2.05) is 40.1 Å². The van der Waals surface area contributed by atoms with Gasteiger partial charge in [0.05, 0.1) is 0 Å². The lowest BCUT2D eigenvalue weighted by Gasteiger charge is -2.14. The molecule has 5 nitrogen and oxygen atoms in total. The fourth-order valence-electron chi connectivity index (χ4n) is 2.60. The largest absolute Gasteiger partial charge is 0.354 e. The van der Waals surface area contributed by atoms with Crippen molar-refractivity contribution in [2.24, 2.45) is 7.05 Å². The van der Waals surface area contributed by atoms with Crippen LogP contribution in [0.1, 0.15) is 36.0 Å². The van der Waals surface area contributed by atoms with Crippen molar-refractivity contribution in [2.45, 2.75) is 52.6 Å². The summed E-state index contributed by atoms with van der Waals surface area (Å²) in [6.45, 7) is 6.33. The Labute approximate surface area is 140 Å². The third kappa shape index (κ3) is 4.58. The third-order valence-corrected chi connectivity index (χ3v) is 5.23. The first kappa shape index (κ1) is 17.5. The first-order chi connectivity index (χ1) is 10.9. The van der Waals surface area contributed by atoms with Crippen molar-refractivity contribution in [3.8, 4) is 0 Å². The molecule has 0 radical (unpaired) electrons. The second-order valence-corrected chi connectivity index (χ2v) is 7.19. The average molecular weight is 335 g/mol.